The maximum atomic E-state index is 10.6. The molecule has 5 nitrogen and oxygen atoms in total. The lowest BCUT2D eigenvalue weighted by Gasteiger charge is -2.05. The molecule has 1 heterocycles. The van der Waals surface area contributed by atoms with E-state index in [0.29, 0.717) is 5.82 Å². The van der Waals surface area contributed by atoms with E-state index in [4.69, 9.17) is 5.73 Å². The number of amides is 2. The molecular weight excluding hydrogens is 204 g/mol. The number of hydrogen-bond acceptors (Lipinski definition) is 3. The van der Waals surface area contributed by atoms with Crippen LogP contribution in [0.25, 0.3) is 10.9 Å². The first-order valence-electron chi connectivity index (χ1n) is 4.92. The van der Waals surface area contributed by atoms with E-state index in [2.05, 4.69) is 15.3 Å². The number of urea groups is 1. The quantitative estimate of drug-likeness (QED) is 0.788. The van der Waals surface area contributed by atoms with Gasteiger partial charge in [-0.2, -0.15) is 0 Å². The summed E-state index contributed by atoms with van der Waals surface area (Å²) in [5.41, 5.74) is 6.75. The highest BCUT2D eigenvalue weighted by molar-refractivity contribution is 5.80. The Kier molecular flexibility index (Phi) is 2.68. The molecule has 0 saturated heterocycles. The second kappa shape index (κ2) is 4.14. The summed E-state index contributed by atoms with van der Waals surface area (Å²) < 4.78 is 0. The monoisotopic (exact) mass is 216 g/mol. The van der Waals surface area contributed by atoms with Gasteiger partial charge in [-0.3, -0.25) is 0 Å². The van der Waals surface area contributed by atoms with Crippen molar-refractivity contribution >= 4 is 16.9 Å². The van der Waals surface area contributed by atoms with Gasteiger partial charge in [-0.15, -0.1) is 0 Å². The van der Waals surface area contributed by atoms with Gasteiger partial charge in [-0.05, 0) is 13.0 Å². The van der Waals surface area contributed by atoms with Crippen LogP contribution in [-0.4, -0.2) is 16.0 Å². The lowest BCUT2D eigenvalue weighted by molar-refractivity contribution is 0.248. The first-order chi connectivity index (χ1) is 7.66. The van der Waals surface area contributed by atoms with Crippen LogP contribution in [0.4, 0.5) is 4.79 Å². The van der Waals surface area contributed by atoms with Gasteiger partial charge in [0.2, 0.25) is 0 Å². The molecule has 0 atom stereocenters. The number of primary amides is 1. The molecule has 3 N–H and O–H groups in total. The highest BCUT2D eigenvalue weighted by Gasteiger charge is 2.04. The van der Waals surface area contributed by atoms with Crippen molar-refractivity contribution in [3.05, 3.63) is 35.8 Å². The minimum absolute atomic E-state index is 0.251. The number of nitrogens with one attached hydrogen (secondary N) is 1. The van der Waals surface area contributed by atoms with E-state index >= 15 is 0 Å². The summed E-state index contributed by atoms with van der Waals surface area (Å²) in [5, 5.41) is 3.49. The Bertz CT molecular complexity index is 538. The van der Waals surface area contributed by atoms with Gasteiger partial charge in [0.25, 0.3) is 0 Å². The first kappa shape index (κ1) is 10.4. The molecule has 0 radical (unpaired) electrons. The predicted octanol–water partition coefficient (Wildman–Crippen LogP) is 1.11. The number of carbonyl (C=O) groups is 1. The molecule has 0 spiro atoms. The highest BCUT2D eigenvalue weighted by Crippen LogP contribution is 2.14. The third-order valence-corrected chi connectivity index (χ3v) is 2.26. The van der Waals surface area contributed by atoms with Crippen molar-refractivity contribution in [2.45, 2.75) is 13.5 Å². The second-order valence-corrected chi connectivity index (χ2v) is 3.46. The topological polar surface area (TPSA) is 80.9 Å². The zero-order valence-corrected chi connectivity index (χ0v) is 8.90. The molecule has 0 aliphatic rings. The Labute approximate surface area is 92.7 Å². The summed E-state index contributed by atoms with van der Waals surface area (Å²) in [6, 6.07) is 7.17. The van der Waals surface area contributed by atoms with Crippen LogP contribution in [0.15, 0.2) is 24.3 Å². The van der Waals surface area contributed by atoms with Gasteiger partial charge >= 0.3 is 6.03 Å². The molecule has 1 aromatic carbocycles. The smallest absolute Gasteiger partial charge is 0.312 e. The fourth-order valence-electron chi connectivity index (χ4n) is 1.54. The summed E-state index contributed by atoms with van der Waals surface area (Å²) in [7, 11) is 0. The standard InChI is InChI=1S/C11H12N4O/c1-7-8-4-2-3-5-9(8)15-10(14-7)6-13-11(12)16/h2-5H,6H2,1H3,(H3,12,13,16). The molecule has 82 valence electrons. The van der Waals surface area contributed by atoms with E-state index in [9.17, 15) is 4.79 Å². The van der Waals surface area contributed by atoms with Gasteiger partial charge in [0.15, 0.2) is 0 Å². The number of benzene rings is 1. The van der Waals surface area contributed by atoms with Gasteiger partial charge in [0.05, 0.1) is 12.1 Å². The van der Waals surface area contributed by atoms with E-state index in [1.54, 1.807) is 0 Å². The number of rotatable bonds is 2. The maximum Gasteiger partial charge on any atom is 0.312 e. The molecule has 2 amide bonds. The Morgan fingerprint density at radius 1 is 1.38 bits per heavy atom. The minimum atomic E-state index is -0.575. The summed E-state index contributed by atoms with van der Waals surface area (Å²) >= 11 is 0. The lowest BCUT2D eigenvalue weighted by atomic mass is 10.2. The van der Waals surface area contributed by atoms with Crippen molar-refractivity contribution in [2.75, 3.05) is 0 Å². The third kappa shape index (κ3) is 2.08. The average Bonchev–Trinajstić information content (AvgIpc) is 2.26. The number of fused-ring (bicyclic) bond motifs is 1. The second-order valence-electron chi connectivity index (χ2n) is 3.46. The van der Waals surface area contributed by atoms with Crippen LogP contribution in [0.5, 0.6) is 0 Å². The Balaban J connectivity index is 2.38. The number of nitrogens with zero attached hydrogens (tertiary/aromatic N) is 2. The molecule has 1 aromatic heterocycles. The summed E-state index contributed by atoms with van der Waals surface area (Å²) in [6.07, 6.45) is 0. The summed E-state index contributed by atoms with van der Waals surface area (Å²) in [6.45, 7) is 2.17. The van der Waals surface area contributed by atoms with Gasteiger partial charge in [0.1, 0.15) is 5.82 Å². The maximum absolute atomic E-state index is 10.6. The molecule has 5 heteroatoms. The van der Waals surface area contributed by atoms with Crippen LogP contribution in [0.1, 0.15) is 11.5 Å². The van der Waals surface area contributed by atoms with Crippen LogP contribution in [-0.2, 0) is 6.54 Å². The molecule has 0 aliphatic carbocycles. The number of nitrogens with two attached hydrogens (primary N) is 1. The van der Waals surface area contributed by atoms with Crippen molar-refractivity contribution in [1.29, 1.82) is 0 Å². The van der Waals surface area contributed by atoms with Crippen LogP contribution in [0, 0.1) is 6.92 Å². The average molecular weight is 216 g/mol. The Morgan fingerprint density at radius 3 is 2.88 bits per heavy atom. The van der Waals surface area contributed by atoms with E-state index in [-0.39, 0.29) is 6.54 Å². The fourth-order valence-corrected chi connectivity index (χ4v) is 1.54. The molecule has 0 aliphatic heterocycles. The van der Waals surface area contributed by atoms with Crippen molar-refractivity contribution in [1.82, 2.24) is 15.3 Å². The molecule has 0 unspecified atom stereocenters. The van der Waals surface area contributed by atoms with Crippen LogP contribution in [0.3, 0.4) is 0 Å². The largest absolute Gasteiger partial charge is 0.352 e. The zero-order chi connectivity index (χ0) is 11.5. The van der Waals surface area contributed by atoms with Crippen molar-refractivity contribution in [3.8, 4) is 0 Å². The van der Waals surface area contributed by atoms with E-state index in [1.807, 2.05) is 31.2 Å². The zero-order valence-electron chi connectivity index (χ0n) is 8.90. The Hall–Kier alpha value is -2.17. The van der Waals surface area contributed by atoms with Crippen LogP contribution < -0.4 is 11.1 Å². The van der Waals surface area contributed by atoms with Crippen LogP contribution >= 0.6 is 0 Å². The molecule has 0 fully saturated rings. The van der Waals surface area contributed by atoms with Gasteiger partial charge in [0, 0.05) is 11.1 Å². The minimum Gasteiger partial charge on any atom is -0.352 e. The van der Waals surface area contributed by atoms with E-state index in [1.165, 1.54) is 0 Å². The molecular formula is C11H12N4O. The van der Waals surface area contributed by atoms with E-state index in [0.717, 1.165) is 16.6 Å². The lowest BCUT2D eigenvalue weighted by Crippen LogP contribution is -2.29. The Morgan fingerprint density at radius 2 is 2.12 bits per heavy atom. The predicted molar refractivity (Wildman–Crippen MR) is 60.7 cm³/mol. The third-order valence-electron chi connectivity index (χ3n) is 2.26. The highest BCUT2D eigenvalue weighted by atomic mass is 16.2. The van der Waals surface area contributed by atoms with Crippen molar-refractivity contribution < 1.29 is 4.79 Å². The SMILES string of the molecule is Cc1nc(CNC(N)=O)nc2ccccc12. The summed E-state index contributed by atoms with van der Waals surface area (Å²) in [5.74, 6) is 0.565. The molecule has 16 heavy (non-hydrogen) atoms. The van der Waals surface area contributed by atoms with Crippen molar-refractivity contribution in [3.63, 3.8) is 0 Å². The molecule has 0 saturated carbocycles. The molecule has 2 aromatic rings. The summed E-state index contributed by atoms with van der Waals surface area (Å²) in [4.78, 5) is 19.2. The number of aryl methyl sites for hydroxylation is 1. The van der Waals surface area contributed by atoms with Crippen LogP contribution in [0.2, 0.25) is 0 Å². The van der Waals surface area contributed by atoms with Crippen molar-refractivity contribution in [2.24, 2.45) is 5.73 Å². The number of aromatic nitrogens is 2. The fraction of sp³-hybridized carbons (Fsp3) is 0.182. The van der Waals surface area contributed by atoms with E-state index < -0.39 is 6.03 Å². The molecule has 2 rings (SSSR count). The molecule has 0 bridgehead atoms. The number of hydrogen-bond donors (Lipinski definition) is 2. The van der Waals surface area contributed by atoms with Gasteiger partial charge < -0.3 is 11.1 Å². The first-order valence-corrected chi connectivity index (χ1v) is 4.92. The number of para-hydroxylation sites is 1. The van der Waals surface area contributed by atoms with Gasteiger partial charge in [-0.1, -0.05) is 18.2 Å². The number of carbonyl (C=O) groups excluding carboxylic acids is 1. The van der Waals surface area contributed by atoms with Gasteiger partial charge in [-0.25, -0.2) is 14.8 Å². The normalized spacial score (nSPS) is 10.3.